The van der Waals surface area contributed by atoms with Gasteiger partial charge in [-0.1, -0.05) is 47.5 Å². The van der Waals surface area contributed by atoms with Crippen molar-refractivity contribution in [2.45, 2.75) is 25.0 Å². The van der Waals surface area contributed by atoms with E-state index in [1.807, 2.05) is 18.2 Å². The number of ether oxygens (including phenoxy) is 2. The van der Waals surface area contributed by atoms with Crippen molar-refractivity contribution in [1.29, 1.82) is 0 Å². The van der Waals surface area contributed by atoms with Gasteiger partial charge in [-0.3, -0.25) is 9.59 Å². The Hall–Kier alpha value is -3.31. The van der Waals surface area contributed by atoms with Crippen LogP contribution in [-0.2, 0) is 27.0 Å². The maximum absolute atomic E-state index is 13.3. The molecule has 9 nitrogen and oxygen atoms in total. The molecule has 1 fully saturated rings. The Bertz CT molecular complexity index is 1530. The van der Waals surface area contributed by atoms with Crippen molar-refractivity contribution >= 4 is 50.7 Å². The van der Waals surface area contributed by atoms with Crippen molar-refractivity contribution in [3.05, 3.63) is 87.4 Å². The van der Waals surface area contributed by atoms with Crippen LogP contribution in [0, 0.1) is 5.92 Å². The van der Waals surface area contributed by atoms with Gasteiger partial charge in [-0.2, -0.15) is 0 Å². The summed E-state index contributed by atoms with van der Waals surface area (Å²) in [4.78, 5) is 26.3. The van der Waals surface area contributed by atoms with E-state index in [2.05, 4.69) is 10.6 Å². The summed E-state index contributed by atoms with van der Waals surface area (Å²) in [6.07, 6.45) is 1.60. The molecule has 224 valence electrons. The van der Waals surface area contributed by atoms with Gasteiger partial charge in [0, 0.05) is 35.2 Å². The van der Waals surface area contributed by atoms with Crippen molar-refractivity contribution in [2.75, 3.05) is 39.2 Å². The first-order valence-electron chi connectivity index (χ1n) is 13.4. The molecule has 1 heterocycles. The number of benzene rings is 3. The van der Waals surface area contributed by atoms with Gasteiger partial charge in [0.25, 0.3) is 5.91 Å². The van der Waals surface area contributed by atoms with Crippen LogP contribution in [0.15, 0.2) is 60.7 Å². The number of carbonyl (C=O) groups excluding carboxylic acids is 2. The number of carbonyl (C=O) groups is 2. The molecule has 4 rings (SSSR count). The van der Waals surface area contributed by atoms with Gasteiger partial charge in [0.1, 0.15) is 0 Å². The lowest BCUT2D eigenvalue weighted by Crippen LogP contribution is -2.44. The molecule has 12 heteroatoms. The molecule has 0 unspecified atom stereocenters. The average molecular weight is 635 g/mol. The van der Waals surface area contributed by atoms with Crippen LogP contribution >= 0.6 is 23.2 Å². The van der Waals surface area contributed by atoms with Crippen LogP contribution in [0.5, 0.6) is 11.5 Å². The van der Waals surface area contributed by atoms with E-state index in [1.54, 1.807) is 56.7 Å². The largest absolute Gasteiger partial charge is 0.493 e. The van der Waals surface area contributed by atoms with Crippen molar-refractivity contribution in [3.63, 3.8) is 0 Å². The van der Waals surface area contributed by atoms with E-state index in [-0.39, 0.29) is 34.2 Å². The molecule has 2 amide bonds. The summed E-state index contributed by atoms with van der Waals surface area (Å²) in [6.45, 7) is 0.685. The molecule has 0 saturated carbocycles. The van der Waals surface area contributed by atoms with Gasteiger partial charge in [0.05, 0.1) is 37.1 Å². The lowest BCUT2D eigenvalue weighted by atomic mass is 9.98. The summed E-state index contributed by atoms with van der Waals surface area (Å²) in [5, 5.41) is 6.29. The maximum Gasteiger partial charge on any atom is 0.253 e. The highest BCUT2D eigenvalue weighted by Crippen LogP contribution is 2.30. The zero-order valence-corrected chi connectivity index (χ0v) is 25.7. The molecule has 1 saturated heterocycles. The van der Waals surface area contributed by atoms with Gasteiger partial charge in [0.2, 0.25) is 15.9 Å². The smallest absolute Gasteiger partial charge is 0.253 e. The van der Waals surface area contributed by atoms with Gasteiger partial charge >= 0.3 is 0 Å². The Kier molecular flexibility index (Phi) is 10.7. The van der Waals surface area contributed by atoms with Crippen LogP contribution in [0.25, 0.3) is 0 Å². The molecule has 42 heavy (non-hydrogen) atoms. The minimum absolute atomic E-state index is 0.0237. The number of hydrogen-bond donors (Lipinski definition) is 2. The molecule has 3 aromatic carbocycles. The van der Waals surface area contributed by atoms with Crippen LogP contribution in [0.3, 0.4) is 0 Å². The van der Waals surface area contributed by atoms with Gasteiger partial charge in [-0.25, -0.2) is 12.7 Å². The molecule has 0 bridgehead atoms. The number of amides is 2. The van der Waals surface area contributed by atoms with Crippen LogP contribution in [0.2, 0.25) is 10.0 Å². The van der Waals surface area contributed by atoms with Gasteiger partial charge in [-0.05, 0) is 61.2 Å². The van der Waals surface area contributed by atoms with Gasteiger partial charge in [0.15, 0.2) is 11.5 Å². The third kappa shape index (κ3) is 7.74. The fourth-order valence-corrected chi connectivity index (χ4v) is 7.19. The summed E-state index contributed by atoms with van der Waals surface area (Å²) in [5.74, 6) is -0.398. The van der Waals surface area contributed by atoms with Crippen LogP contribution < -0.4 is 20.1 Å². The number of rotatable bonds is 11. The third-order valence-corrected chi connectivity index (χ3v) is 9.59. The first kappa shape index (κ1) is 31.6. The summed E-state index contributed by atoms with van der Waals surface area (Å²) in [7, 11) is -0.645. The first-order chi connectivity index (χ1) is 20.1. The number of sulfonamides is 1. The molecular formula is C30H33Cl2N3O6S. The zero-order chi connectivity index (χ0) is 30.3. The summed E-state index contributed by atoms with van der Waals surface area (Å²) >= 11 is 12.4. The SMILES string of the molecule is COc1ccc(CCNC(=O)c2ccccc2NC(=O)[C@H]2CCCN(S(=O)(=O)Cc3c(Cl)cccc3Cl)C2)cc1OC. The molecule has 1 atom stereocenters. The quantitative estimate of drug-likeness (QED) is 0.301. The van der Waals surface area contributed by atoms with E-state index in [0.717, 1.165) is 5.56 Å². The Balaban J connectivity index is 1.37. The van der Waals surface area contributed by atoms with E-state index >= 15 is 0 Å². The maximum atomic E-state index is 13.3. The highest BCUT2D eigenvalue weighted by molar-refractivity contribution is 7.88. The minimum Gasteiger partial charge on any atom is -0.493 e. The molecule has 0 radical (unpaired) electrons. The van der Waals surface area contributed by atoms with Gasteiger partial charge < -0.3 is 20.1 Å². The highest BCUT2D eigenvalue weighted by atomic mass is 35.5. The number of piperidine rings is 1. The van der Waals surface area contributed by atoms with Crippen LogP contribution in [-0.4, -0.2) is 58.4 Å². The highest BCUT2D eigenvalue weighted by Gasteiger charge is 2.33. The van der Waals surface area contributed by atoms with Crippen molar-refractivity contribution in [3.8, 4) is 11.5 Å². The summed E-state index contributed by atoms with van der Waals surface area (Å²) in [6, 6.07) is 17.1. The predicted molar refractivity (Wildman–Crippen MR) is 164 cm³/mol. The molecule has 0 aromatic heterocycles. The number of nitrogens with one attached hydrogen (secondary N) is 2. The van der Waals surface area contributed by atoms with Crippen LogP contribution in [0.4, 0.5) is 5.69 Å². The lowest BCUT2D eigenvalue weighted by molar-refractivity contribution is -0.120. The second-order valence-corrected chi connectivity index (χ2v) is 12.7. The zero-order valence-electron chi connectivity index (χ0n) is 23.4. The van der Waals surface area contributed by atoms with Crippen molar-refractivity contribution in [1.82, 2.24) is 9.62 Å². The van der Waals surface area contributed by atoms with E-state index in [4.69, 9.17) is 32.7 Å². The van der Waals surface area contributed by atoms with Crippen molar-refractivity contribution in [2.24, 2.45) is 5.92 Å². The fraction of sp³-hybridized carbons (Fsp3) is 0.333. The topological polar surface area (TPSA) is 114 Å². The predicted octanol–water partition coefficient (Wildman–Crippen LogP) is 5.16. The van der Waals surface area contributed by atoms with Crippen molar-refractivity contribution < 1.29 is 27.5 Å². The molecule has 0 aliphatic carbocycles. The number of hydrogen-bond acceptors (Lipinski definition) is 6. The standard InChI is InChI=1S/C30H33Cl2N3O6S/c1-40-27-13-12-20(17-28(27)41-2)14-15-33-30(37)22-8-3-4-11-26(22)34-29(36)21-7-6-16-35(18-21)42(38,39)19-23-24(31)9-5-10-25(23)32/h3-5,8-13,17,21H,6-7,14-16,18-19H2,1-2H3,(H,33,37)(H,34,36)/t21-/m0/s1. The number of methoxy groups -OCH3 is 2. The molecule has 2 N–H and O–H groups in total. The first-order valence-corrected chi connectivity index (χ1v) is 15.8. The second kappa shape index (κ2) is 14.2. The summed E-state index contributed by atoms with van der Waals surface area (Å²) < 4.78 is 38.3. The molecule has 1 aliphatic heterocycles. The molecule has 3 aromatic rings. The molecule has 0 spiro atoms. The normalized spacial score (nSPS) is 15.6. The number of halogens is 2. The number of nitrogens with zero attached hydrogens (tertiary/aromatic N) is 1. The number of anilines is 1. The third-order valence-electron chi connectivity index (χ3n) is 7.11. The Morgan fingerprint density at radius 3 is 2.40 bits per heavy atom. The average Bonchev–Trinajstić information content (AvgIpc) is 2.99. The second-order valence-electron chi connectivity index (χ2n) is 9.88. The van der Waals surface area contributed by atoms with E-state index in [1.165, 1.54) is 4.31 Å². The van der Waals surface area contributed by atoms with Gasteiger partial charge in [-0.15, -0.1) is 0 Å². The minimum atomic E-state index is -3.78. The monoisotopic (exact) mass is 633 g/mol. The van der Waals surface area contributed by atoms with Crippen LogP contribution in [0.1, 0.15) is 34.3 Å². The lowest BCUT2D eigenvalue weighted by Gasteiger charge is -2.31. The number of para-hydroxylation sites is 1. The fourth-order valence-electron chi connectivity index (χ4n) is 4.83. The Morgan fingerprint density at radius 2 is 1.69 bits per heavy atom. The van der Waals surface area contributed by atoms with E-state index in [9.17, 15) is 18.0 Å². The van der Waals surface area contributed by atoms with E-state index in [0.29, 0.717) is 60.7 Å². The summed E-state index contributed by atoms with van der Waals surface area (Å²) in [5.41, 5.74) is 1.96. The molecular weight excluding hydrogens is 601 g/mol. The molecule has 1 aliphatic rings. The van der Waals surface area contributed by atoms with E-state index < -0.39 is 15.9 Å². The Labute approximate surface area is 256 Å². The Morgan fingerprint density at radius 1 is 0.976 bits per heavy atom.